The number of para-hydroxylation sites is 1. The Labute approximate surface area is 122 Å². The summed E-state index contributed by atoms with van der Waals surface area (Å²) in [5.74, 6) is 0. The van der Waals surface area contributed by atoms with Crippen LogP contribution < -0.4 is 5.32 Å². The van der Waals surface area contributed by atoms with Gasteiger partial charge in [-0.05, 0) is 24.6 Å². The van der Waals surface area contributed by atoms with Crippen molar-refractivity contribution in [3.8, 4) is 0 Å². The van der Waals surface area contributed by atoms with Gasteiger partial charge < -0.3 is 5.32 Å². The Morgan fingerprint density at radius 2 is 2.00 bits per heavy atom. The van der Waals surface area contributed by atoms with E-state index in [1.165, 1.54) is 6.07 Å². The van der Waals surface area contributed by atoms with Crippen LogP contribution in [0.5, 0.6) is 0 Å². The molecule has 1 atom stereocenters. The number of hydrogen-bond donors (Lipinski definition) is 1. The third-order valence-electron chi connectivity index (χ3n) is 3.14. The number of halogens is 1. The number of nitro groups is 1. The molecule has 0 aromatic heterocycles. The molecule has 5 heteroatoms. The fourth-order valence-electron chi connectivity index (χ4n) is 2.00. The first kappa shape index (κ1) is 14.5. The largest absolute Gasteiger partial charge is 0.306 e. The van der Waals surface area contributed by atoms with E-state index in [0.717, 1.165) is 5.56 Å². The van der Waals surface area contributed by atoms with Gasteiger partial charge in [-0.3, -0.25) is 10.1 Å². The monoisotopic (exact) mass is 290 g/mol. The van der Waals surface area contributed by atoms with E-state index in [0.29, 0.717) is 17.1 Å². The molecule has 104 valence electrons. The maximum Gasteiger partial charge on any atom is 0.273 e. The molecule has 0 aliphatic carbocycles. The van der Waals surface area contributed by atoms with Gasteiger partial charge in [0.05, 0.1) is 4.92 Å². The normalized spacial score (nSPS) is 12.1. The average molecular weight is 291 g/mol. The molecule has 0 heterocycles. The second-order valence-electron chi connectivity index (χ2n) is 4.54. The standard InChI is InChI=1S/C15H15ClN2O2/c1-11(12-6-4-7-14(16)9-12)17-10-13-5-2-3-8-15(13)18(19)20/h2-9,11,17H,10H2,1H3/t11-/m0/s1. The molecule has 2 rings (SSSR count). The second-order valence-corrected chi connectivity index (χ2v) is 4.98. The minimum Gasteiger partial charge on any atom is -0.306 e. The first-order valence-electron chi connectivity index (χ1n) is 6.29. The molecule has 0 fully saturated rings. The van der Waals surface area contributed by atoms with Crippen LogP contribution in [-0.2, 0) is 6.54 Å². The number of benzene rings is 2. The lowest BCUT2D eigenvalue weighted by Gasteiger charge is -2.14. The van der Waals surface area contributed by atoms with E-state index in [-0.39, 0.29) is 16.7 Å². The van der Waals surface area contributed by atoms with Gasteiger partial charge in [0, 0.05) is 29.2 Å². The Morgan fingerprint density at radius 1 is 1.25 bits per heavy atom. The first-order chi connectivity index (χ1) is 9.58. The Hall–Kier alpha value is -1.91. The lowest BCUT2D eigenvalue weighted by molar-refractivity contribution is -0.385. The zero-order chi connectivity index (χ0) is 14.5. The zero-order valence-electron chi connectivity index (χ0n) is 11.0. The molecule has 0 bridgehead atoms. The van der Waals surface area contributed by atoms with Gasteiger partial charge in [0.2, 0.25) is 0 Å². The van der Waals surface area contributed by atoms with Crippen molar-refractivity contribution in [3.63, 3.8) is 0 Å². The molecule has 4 nitrogen and oxygen atoms in total. The van der Waals surface area contributed by atoms with E-state index >= 15 is 0 Å². The van der Waals surface area contributed by atoms with E-state index < -0.39 is 0 Å². The van der Waals surface area contributed by atoms with Gasteiger partial charge in [0.25, 0.3) is 5.69 Å². The van der Waals surface area contributed by atoms with Crippen molar-refractivity contribution in [1.82, 2.24) is 5.32 Å². The summed E-state index contributed by atoms with van der Waals surface area (Å²) in [5.41, 5.74) is 1.86. The van der Waals surface area contributed by atoms with Crippen LogP contribution in [0.1, 0.15) is 24.1 Å². The van der Waals surface area contributed by atoms with Gasteiger partial charge in [0.15, 0.2) is 0 Å². The minimum atomic E-state index is -0.360. The summed E-state index contributed by atoms with van der Waals surface area (Å²) < 4.78 is 0. The molecule has 0 radical (unpaired) electrons. The number of nitrogens with zero attached hydrogens (tertiary/aromatic N) is 1. The maximum atomic E-state index is 10.9. The van der Waals surface area contributed by atoms with E-state index in [1.54, 1.807) is 18.2 Å². The van der Waals surface area contributed by atoms with Crippen LogP contribution in [0.2, 0.25) is 5.02 Å². The molecule has 0 aliphatic rings. The SMILES string of the molecule is C[C@H](NCc1ccccc1[N+](=O)[O-])c1cccc(Cl)c1. The third-order valence-corrected chi connectivity index (χ3v) is 3.37. The highest BCUT2D eigenvalue weighted by atomic mass is 35.5. The molecule has 0 spiro atoms. The Morgan fingerprint density at radius 3 is 2.70 bits per heavy atom. The third kappa shape index (κ3) is 3.56. The molecule has 2 aromatic carbocycles. The highest BCUT2D eigenvalue weighted by Gasteiger charge is 2.13. The van der Waals surface area contributed by atoms with Crippen molar-refractivity contribution in [2.24, 2.45) is 0 Å². The predicted molar refractivity (Wildman–Crippen MR) is 79.8 cm³/mol. The molecule has 0 unspecified atom stereocenters. The van der Waals surface area contributed by atoms with Crippen LogP contribution in [0.4, 0.5) is 5.69 Å². The van der Waals surface area contributed by atoms with Crippen molar-refractivity contribution in [1.29, 1.82) is 0 Å². The van der Waals surface area contributed by atoms with Crippen LogP contribution in [0.15, 0.2) is 48.5 Å². The number of nitro benzene ring substituents is 1. The van der Waals surface area contributed by atoms with Gasteiger partial charge >= 0.3 is 0 Å². The second kappa shape index (κ2) is 6.50. The fraction of sp³-hybridized carbons (Fsp3) is 0.200. The maximum absolute atomic E-state index is 10.9. The van der Waals surface area contributed by atoms with E-state index in [1.807, 2.05) is 31.2 Å². The zero-order valence-corrected chi connectivity index (χ0v) is 11.8. The molecule has 2 aromatic rings. The van der Waals surface area contributed by atoms with Crippen molar-refractivity contribution < 1.29 is 4.92 Å². The summed E-state index contributed by atoms with van der Waals surface area (Å²) in [6.45, 7) is 2.44. The summed E-state index contributed by atoms with van der Waals surface area (Å²) in [6, 6.07) is 14.4. The van der Waals surface area contributed by atoms with Crippen molar-refractivity contribution >= 4 is 17.3 Å². The summed E-state index contributed by atoms with van der Waals surface area (Å²) in [7, 11) is 0. The summed E-state index contributed by atoms with van der Waals surface area (Å²) in [6.07, 6.45) is 0. The van der Waals surface area contributed by atoms with Crippen LogP contribution in [-0.4, -0.2) is 4.92 Å². The number of rotatable bonds is 5. The first-order valence-corrected chi connectivity index (χ1v) is 6.67. The fourth-order valence-corrected chi connectivity index (χ4v) is 2.19. The highest BCUT2D eigenvalue weighted by molar-refractivity contribution is 6.30. The number of hydrogen-bond acceptors (Lipinski definition) is 3. The van der Waals surface area contributed by atoms with Gasteiger partial charge in [-0.15, -0.1) is 0 Å². The molecule has 1 N–H and O–H groups in total. The summed E-state index contributed by atoms with van der Waals surface area (Å²) >= 11 is 5.96. The summed E-state index contributed by atoms with van der Waals surface area (Å²) in [4.78, 5) is 10.6. The Kier molecular flexibility index (Phi) is 4.71. The van der Waals surface area contributed by atoms with Gasteiger partial charge in [0.1, 0.15) is 0 Å². The highest BCUT2D eigenvalue weighted by Crippen LogP contribution is 2.20. The van der Waals surface area contributed by atoms with Crippen LogP contribution in [0.25, 0.3) is 0 Å². The molecular weight excluding hydrogens is 276 g/mol. The van der Waals surface area contributed by atoms with Crippen molar-refractivity contribution in [2.75, 3.05) is 0 Å². The smallest absolute Gasteiger partial charge is 0.273 e. The molecule has 0 aliphatic heterocycles. The van der Waals surface area contributed by atoms with Crippen LogP contribution in [0, 0.1) is 10.1 Å². The van der Waals surface area contributed by atoms with E-state index in [9.17, 15) is 10.1 Å². The lowest BCUT2D eigenvalue weighted by Crippen LogP contribution is -2.18. The lowest BCUT2D eigenvalue weighted by atomic mass is 10.1. The molecule has 0 saturated carbocycles. The van der Waals surface area contributed by atoms with Gasteiger partial charge in [-0.25, -0.2) is 0 Å². The molecule has 0 amide bonds. The molecular formula is C15H15ClN2O2. The van der Waals surface area contributed by atoms with E-state index in [2.05, 4.69) is 5.32 Å². The quantitative estimate of drug-likeness (QED) is 0.666. The average Bonchev–Trinajstić information content (AvgIpc) is 2.45. The topological polar surface area (TPSA) is 55.2 Å². The summed E-state index contributed by atoms with van der Waals surface area (Å²) in [5, 5.41) is 14.9. The minimum absolute atomic E-state index is 0.0634. The van der Waals surface area contributed by atoms with Gasteiger partial charge in [-0.2, -0.15) is 0 Å². The van der Waals surface area contributed by atoms with Crippen molar-refractivity contribution in [3.05, 3.63) is 74.8 Å². The predicted octanol–water partition coefficient (Wildman–Crippen LogP) is 4.10. The van der Waals surface area contributed by atoms with Crippen molar-refractivity contribution in [2.45, 2.75) is 19.5 Å². The molecule has 20 heavy (non-hydrogen) atoms. The number of nitrogens with one attached hydrogen (secondary N) is 1. The Bertz CT molecular complexity index is 616. The Balaban J connectivity index is 2.07. The van der Waals surface area contributed by atoms with Crippen LogP contribution >= 0.6 is 11.6 Å². The van der Waals surface area contributed by atoms with Gasteiger partial charge in [-0.1, -0.05) is 41.9 Å². The molecule has 0 saturated heterocycles. The van der Waals surface area contributed by atoms with E-state index in [4.69, 9.17) is 11.6 Å². The van der Waals surface area contributed by atoms with Crippen LogP contribution in [0.3, 0.4) is 0 Å².